The SMILES string of the molecule is O=C(NCc1ccccc1)c1cc2cccc([N+](=O)[O-])c2oc1=O. The first-order chi connectivity index (χ1) is 11.6. The van der Waals surface area contributed by atoms with Gasteiger partial charge in [0.2, 0.25) is 5.58 Å². The maximum Gasteiger partial charge on any atom is 0.349 e. The van der Waals surface area contributed by atoms with E-state index in [1.54, 1.807) is 6.07 Å². The highest BCUT2D eigenvalue weighted by atomic mass is 16.6. The number of para-hydroxylation sites is 1. The van der Waals surface area contributed by atoms with Gasteiger partial charge in [-0.15, -0.1) is 0 Å². The third kappa shape index (κ3) is 3.00. The number of carbonyl (C=O) groups is 1. The highest BCUT2D eigenvalue weighted by Gasteiger charge is 2.19. The Morgan fingerprint density at radius 2 is 1.88 bits per heavy atom. The number of hydrogen-bond acceptors (Lipinski definition) is 5. The van der Waals surface area contributed by atoms with Crippen LogP contribution in [0.4, 0.5) is 5.69 Å². The number of rotatable bonds is 4. The van der Waals surface area contributed by atoms with Gasteiger partial charge in [-0.2, -0.15) is 0 Å². The van der Waals surface area contributed by atoms with E-state index in [-0.39, 0.29) is 23.4 Å². The van der Waals surface area contributed by atoms with Crippen molar-refractivity contribution in [3.05, 3.63) is 86.3 Å². The second kappa shape index (κ2) is 6.33. The molecule has 7 heteroatoms. The number of nitro groups is 1. The van der Waals surface area contributed by atoms with Crippen molar-refractivity contribution in [3.8, 4) is 0 Å². The van der Waals surface area contributed by atoms with Crippen LogP contribution >= 0.6 is 0 Å². The number of hydrogen-bond donors (Lipinski definition) is 1. The van der Waals surface area contributed by atoms with Gasteiger partial charge in [-0.05, 0) is 11.6 Å². The third-order valence-corrected chi connectivity index (χ3v) is 3.48. The van der Waals surface area contributed by atoms with Crippen molar-refractivity contribution in [2.45, 2.75) is 6.54 Å². The molecule has 0 spiro atoms. The van der Waals surface area contributed by atoms with Crippen LogP contribution in [0.15, 0.2) is 63.8 Å². The van der Waals surface area contributed by atoms with Crippen LogP contribution < -0.4 is 10.9 Å². The van der Waals surface area contributed by atoms with E-state index in [1.807, 2.05) is 30.3 Å². The molecule has 3 rings (SSSR count). The largest absolute Gasteiger partial charge is 0.415 e. The summed E-state index contributed by atoms with van der Waals surface area (Å²) in [6, 6.07) is 14.8. The molecule has 1 aromatic heterocycles. The second-order valence-corrected chi connectivity index (χ2v) is 5.07. The Morgan fingerprint density at radius 3 is 2.58 bits per heavy atom. The number of benzene rings is 2. The van der Waals surface area contributed by atoms with Crippen LogP contribution in [0.1, 0.15) is 15.9 Å². The topological polar surface area (TPSA) is 102 Å². The first kappa shape index (κ1) is 15.4. The van der Waals surface area contributed by atoms with Gasteiger partial charge >= 0.3 is 11.3 Å². The van der Waals surface area contributed by atoms with Gasteiger partial charge in [0.15, 0.2) is 0 Å². The summed E-state index contributed by atoms with van der Waals surface area (Å²) in [5, 5.41) is 13.9. The van der Waals surface area contributed by atoms with Crippen molar-refractivity contribution in [1.82, 2.24) is 5.32 Å². The lowest BCUT2D eigenvalue weighted by atomic mass is 10.1. The highest BCUT2D eigenvalue weighted by Crippen LogP contribution is 2.24. The Hall–Kier alpha value is -3.48. The van der Waals surface area contributed by atoms with Gasteiger partial charge in [-0.25, -0.2) is 4.79 Å². The minimum Gasteiger partial charge on any atom is -0.415 e. The van der Waals surface area contributed by atoms with Crippen LogP contribution in [-0.4, -0.2) is 10.8 Å². The van der Waals surface area contributed by atoms with Crippen LogP contribution in [0.2, 0.25) is 0 Å². The number of non-ortho nitro benzene ring substituents is 1. The van der Waals surface area contributed by atoms with Crippen LogP contribution in [0, 0.1) is 10.1 Å². The summed E-state index contributed by atoms with van der Waals surface area (Å²) in [7, 11) is 0. The van der Waals surface area contributed by atoms with Crippen molar-refractivity contribution in [1.29, 1.82) is 0 Å². The summed E-state index contributed by atoms with van der Waals surface area (Å²) in [4.78, 5) is 34.5. The number of nitro benzene ring substituents is 1. The minimum absolute atomic E-state index is 0.146. The number of fused-ring (bicyclic) bond motifs is 1. The smallest absolute Gasteiger partial charge is 0.349 e. The van der Waals surface area contributed by atoms with Crippen LogP contribution in [0.3, 0.4) is 0 Å². The van der Waals surface area contributed by atoms with E-state index in [2.05, 4.69) is 5.32 Å². The third-order valence-electron chi connectivity index (χ3n) is 3.48. The average molecular weight is 324 g/mol. The molecule has 0 radical (unpaired) electrons. The van der Waals surface area contributed by atoms with E-state index in [0.717, 1.165) is 5.56 Å². The fraction of sp³-hybridized carbons (Fsp3) is 0.0588. The maximum atomic E-state index is 12.2. The van der Waals surface area contributed by atoms with Crippen LogP contribution in [0.25, 0.3) is 11.0 Å². The molecule has 0 fully saturated rings. The number of nitrogens with one attached hydrogen (secondary N) is 1. The van der Waals surface area contributed by atoms with E-state index in [9.17, 15) is 19.7 Å². The molecule has 3 aromatic rings. The van der Waals surface area contributed by atoms with Crippen molar-refractivity contribution in [3.63, 3.8) is 0 Å². The molecule has 0 aliphatic carbocycles. The molecular weight excluding hydrogens is 312 g/mol. The zero-order valence-corrected chi connectivity index (χ0v) is 12.4. The van der Waals surface area contributed by atoms with E-state index in [1.165, 1.54) is 18.2 Å². The van der Waals surface area contributed by atoms with E-state index < -0.39 is 16.5 Å². The van der Waals surface area contributed by atoms with E-state index >= 15 is 0 Å². The Bertz CT molecular complexity index is 979. The molecule has 1 N–H and O–H groups in total. The first-order valence-electron chi connectivity index (χ1n) is 7.09. The lowest BCUT2D eigenvalue weighted by molar-refractivity contribution is -0.383. The summed E-state index contributed by atoms with van der Waals surface area (Å²) in [5.41, 5.74) is -0.694. The predicted octanol–water partition coefficient (Wildman–Crippen LogP) is 2.63. The molecule has 24 heavy (non-hydrogen) atoms. The fourth-order valence-electron chi connectivity index (χ4n) is 2.30. The molecule has 0 saturated carbocycles. The average Bonchev–Trinajstić information content (AvgIpc) is 2.59. The lowest BCUT2D eigenvalue weighted by Crippen LogP contribution is -2.27. The van der Waals surface area contributed by atoms with Gasteiger partial charge in [0.1, 0.15) is 5.56 Å². The van der Waals surface area contributed by atoms with Crippen molar-refractivity contribution < 1.29 is 14.1 Å². The normalized spacial score (nSPS) is 10.5. The molecule has 2 aromatic carbocycles. The summed E-state index contributed by atoms with van der Waals surface area (Å²) in [5.74, 6) is -0.596. The monoisotopic (exact) mass is 324 g/mol. The Balaban J connectivity index is 1.92. The van der Waals surface area contributed by atoms with Gasteiger partial charge < -0.3 is 9.73 Å². The number of amides is 1. The molecule has 1 heterocycles. The second-order valence-electron chi connectivity index (χ2n) is 5.07. The summed E-state index contributed by atoms with van der Waals surface area (Å²) >= 11 is 0. The van der Waals surface area contributed by atoms with E-state index in [0.29, 0.717) is 5.39 Å². The van der Waals surface area contributed by atoms with Crippen LogP contribution in [-0.2, 0) is 6.54 Å². The van der Waals surface area contributed by atoms with Gasteiger partial charge in [0.25, 0.3) is 5.91 Å². The molecule has 0 unspecified atom stereocenters. The molecule has 0 bridgehead atoms. The zero-order valence-electron chi connectivity index (χ0n) is 12.4. The van der Waals surface area contributed by atoms with Gasteiger partial charge in [-0.1, -0.05) is 42.5 Å². The predicted molar refractivity (Wildman–Crippen MR) is 86.8 cm³/mol. The highest BCUT2D eigenvalue weighted by molar-refractivity contribution is 5.97. The standard InChI is InChI=1S/C17H12N2O5/c20-16(18-10-11-5-2-1-3-6-11)13-9-12-7-4-8-14(19(22)23)15(12)24-17(13)21/h1-9H,10H2,(H,18,20). The maximum absolute atomic E-state index is 12.2. The minimum atomic E-state index is -0.914. The van der Waals surface area contributed by atoms with Gasteiger partial charge in [0.05, 0.1) is 4.92 Å². The summed E-state index contributed by atoms with van der Waals surface area (Å²) < 4.78 is 5.00. The quantitative estimate of drug-likeness (QED) is 0.451. The number of carbonyl (C=O) groups excluding carboxylic acids is 1. The Kier molecular flexibility index (Phi) is 4.07. The summed E-state index contributed by atoms with van der Waals surface area (Å²) in [6.07, 6.45) is 0. The summed E-state index contributed by atoms with van der Waals surface area (Å²) in [6.45, 7) is 0.256. The fourth-order valence-corrected chi connectivity index (χ4v) is 2.30. The Morgan fingerprint density at radius 1 is 1.12 bits per heavy atom. The Labute approximate surface area is 135 Å². The zero-order chi connectivity index (χ0) is 17.1. The molecule has 1 amide bonds. The molecule has 0 saturated heterocycles. The van der Waals surface area contributed by atoms with Gasteiger partial charge in [0, 0.05) is 18.0 Å². The van der Waals surface area contributed by atoms with Gasteiger partial charge in [-0.3, -0.25) is 14.9 Å². The van der Waals surface area contributed by atoms with Crippen LogP contribution in [0.5, 0.6) is 0 Å². The lowest BCUT2D eigenvalue weighted by Gasteiger charge is -2.05. The molecule has 120 valence electrons. The molecule has 7 nitrogen and oxygen atoms in total. The molecule has 0 atom stereocenters. The molecule has 0 aliphatic rings. The number of nitrogens with zero attached hydrogens (tertiary/aromatic N) is 1. The van der Waals surface area contributed by atoms with Crippen molar-refractivity contribution in [2.24, 2.45) is 0 Å². The van der Waals surface area contributed by atoms with E-state index in [4.69, 9.17) is 4.42 Å². The van der Waals surface area contributed by atoms with Crippen molar-refractivity contribution >= 4 is 22.6 Å². The molecular formula is C17H12N2O5. The first-order valence-corrected chi connectivity index (χ1v) is 7.09. The van der Waals surface area contributed by atoms with Crippen molar-refractivity contribution in [2.75, 3.05) is 0 Å². The molecule has 0 aliphatic heterocycles.